The molecule has 2 rings (SSSR count). The molecule has 1 aromatic heterocycles. The molecule has 0 bridgehead atoms. The third-order valence-electron chi connectivity index (χ3n) is 3.38. The fourth-order valence-corrected chi connectivity index (χ4v) is 2.29. The van der Waals surface area contributed by atoms with Gasteiger partial charge in [-0.05, 0) is 25.0 Å². The second kappa shape index (κ2) is 8.56. The average Bonchev–Trinajstić information content (AvgIpc) is 2.80. The van der Waals surface area contributed by atoms with Crippen LogP contribution in [0.5, 0.6) is 0 Å². The first kappa shape index (κ1) is 18.2. The van der Waals surface area contributed by atoms with E-state index in [0.29, 0.717) is 18.7 Å². The van der Waals surface area contributed by atoms with Crippen LogP contribution >= 0.6 is 12.4 Å². The minimum Gasteiger partial charge on any atom is -0.478 e. The maximum absolute atomic E-state index is 11.1. The van der Waals surface area contributed by atoms with Crippen LogP contribution in [0.1, 0.15) is 40.5 Å². The lowest BCUT2D eigenvalue weighted by atomic mass is 10.1. The van der Waals surface area contributed by atoms with Gasteiger partial charge in [0.05, 0.1) is 11.3 Å². The number of halogens is 1. The Morgan fingerprint density at radius 2 is 1.95 bits per heavy atom. The van der Waals surface area contributed by atoms with Crippen LogP contribution in [0.2, 0.25) is 0 Å². The van der Waals surface area contributed by atoms with Gasteiger partial charge in [-0.2, -0.15) is 5.10 Å². The predicted octanol–water partition coefficient (Wildman–Crippen LogP) is 3.01. The summed E-state index contributed by atoms with van der Waals surface area (Å²) < 4.78 is 1.96. The lowest BCUT2D eigenvalue weighted by molar-refractivity contribution is 0.0695. The summed E-state index contributed by atoms with van der Waals surface area (Å²) in [6, 6.07) is 7.06. The van der Waals surface area contributed by atoms with Crippen LogP contribution in [-0.2, 0) is 19.6 Å². The molecule has 2 N–H and O–H groups in total. The molecule has 0 aliphatic heterocycles. The van der Waals surface area contributed by atoms with Crippen LogP contribution in [0.4, 0.5) is 0 Å². The van der Waals surface area contributed by atoms with Gasteiger partial charge in [-0.1, -0.05) is 25.1 Å². The van der Waals surface area contributed by atoms with Gasteiger partial charge in [0, 0.05) is 31.4 Å². The Morgan fingerprint density at radius 3 is 2.64 bits per heavy atom. The van der Waals surface area contributed by atoms with E-state index >= 15 is 0 Å². The van der Waals surface area contributed by atoms with E-state index in [1.165, 1.54) is 0 Å². The van der Waals surface area contributed by atoms with Crippen molar-refractivity contribution in [2.75, 3.05) is 0 Å². The summed E-state index contributed by atoms with van der Waals surface area (Å²) >= 11 is 0. The van der Waals surface area contributed by atoms with Crippen molar-refractivity contribution < 1.29 is 9.90 Å². The number of carboxylic acids is 1. The maximum Gasteiger partial charge on any atom is 0.336 e. The first-order valence-electron chi connectivity index (χ1n) is 7.16. The monoisotopic (exact) mass is 323 g/mol. The smallest absolute Gasteiger partial charge is 0.336 e. The molecular formula is C16H22ClN3O2. The molecule has 0 fully saturated rings. The number of rotatable bonds is 7. The molecule has 120 valence electrons. The third kappa shape index (κ3) is 4.58. The fraction of sp³-hybridized carbons (Fsp3) is 0.375. The number of hydrogen-bond donors (Lipinski definition) is 2. The fourth-order valence-electron chi connectivity index (χ4n) is 2.29. The highest BCUT2D eigenvalue weighted by molar-refractivity contribution is 5.89. The topological polar surface area (TPSA) is 67.2 Å². The summed E-state index contributed by atoms with van der Waals surface area (Å²) in [4.78, 5) is 11.1. The molecule has 0 amide bonds. The molecule has 0 unspecified atom stereocenters. The molecule has 0 aliphatic carbocycles. The standard InChI is InChI=1S/C16H21N3O2.ClH/c1-3-8-19-11-14(12(2)18-19)10-17-9-13-6-4-5-7-15(13)16(20)21;/h4-7,11,17H,3,8-10H2,1-2H3,(H,20,21);1H. The number of carbonyl (C=O) groups is 1. The van der Waals surface area contributed by atoms with Gasteiger partial charge >= 0.3 is 5.97 Å². The van der Waals surface area contributed by atoms with Crippen LogP contribution in [0.25, 0.3) is 0 Å². The van der Waals surface area contributed by atoms with E-state index in [0.717, 1.165) is 29.8 Å². The van der Waals surface area contributed by atoms with Crippen molar-refractivity contribution in [1.82, 2.24) is 15.1 Å². The van der Waals surface area contributed by atoms with Gasteiger partial charge in [0.25, 0.3) is 0 Å². The maximum atomic E-state index is 11.1. The van der Waals surface area contributed by atoms with Crippen molar-refractivity contribution in [2.24, 2.45) is 0 Å². The van der Waals surface area contributed by atoms with Crippen LogP contribution in [-0.4, -0.2) is 20.9 Å². The Labute approximate surface area is 136 Å². The Morgan fingerprint density at radius 1 is 1.27 bits per heavy atom. The lowest BCUT2D eigenvalue weighted by Crippen LogP contribution is -2.15. The number of nitrogens with one attached hydrogen (secondary N) is 1. The van der Waals surface area contributed by atoms with Crippen LogP contribution in [0, 0.1) is 6.92 Å². The highest BCUT2D eigenvalue weighted by Crippen LogP contribution is 2.10. The van der Waals surface area contributed by atoms with Crippen molar-refractivity contribution >= 4 is 18.4 Å². The predicted molar refractivity (Wildman–Crippen MR) is 88.4 cm³/mol. The molecule has 5 nitrogen and oxygen atoms in total. The van der Waals surface area contributed by atoms with E-state index in [-0.39, 0.29) is 12.4 Å². The van der Waals surface area contributed by atoms with Gasteiger partial charge in [0.1, 0.15) is 0 Å². The molecule has 0 spiro atoms. The molecule has 0 aliphatic rings. The molecule has 2 aromatic rings. The van der Waals surface area contributed by atoms with E-state index in [1.807, 2.05) is 23.7 Å². The summed E-state index contributed by atoms with van der Waals surface area (Å²) in [7, 11) is 0. The molecule has 0 saturated carbocycles. The second-order valence-corrected chi connectivity index (χ2v) is 5.07. The summed E-state index contributed by atoms with van der Waals surface area (Å²) in [5.41, 5.74) is 3.31. The summed E-state index contributed by atoms with van der Waals surface area (Å²) in [5.74, 6) is -0.889. The van der Waals surface area contributed by atoms with Crippen LogP contribution in [0.15, 0.2) is 30.5 Å². The Hall–Kier alpha value is -1.85. The first-order valence-corrected chi connectivity index (χ1v) is 7.16. The number of aromatic nitrogens is 2. The van der Waals surface area contributed by atoms with Crippen molar-refractivity contribution in [3.63, 3.8) is 0 Å². The molecule has 0 radical (unpaired) electrons. The van der Waals surface area contributed by atoms with Crippen molar-refractivity contribution in [3.05, 3.63) is 52.8 Å². The van der Waals surface area contributed by atoms with Gasteiger partial charge in [0.15, 0.2) is 0 Å². The van der Waals surface area contributed by atoms with E-state index in [9.17, 15) is 4.79 Å². The minimum atomic E-state index is -0.889. The minimum absolute atomic E-state index is 0. The molecule has 0 saturated heterocycles. The number of aromatic carboxylic acids is 1. The molecule has 22 heavy (non-hydrogen) atoms. The highest BCUT2D eigenvalue weighted by Gasteiger charge is 2.09. The van der Waals surface area contributed by atoms with Gasteiger partial charge in [-0.3, -0.25) is 4.68 Å². The number of benzene rings is 1. The molecule has 1 aromatic carbocycles. The van der Waals surface area contributed by atoms with Crippen LogP contribution < -0.4 is 5.32 Å². The summed E-state index contributed by atoms with van der Waals surface area (Å²) in [6.45, 7) is 6.25. The Balaban J connectivity index is 0.00000242. The van der Waals surface area contributed by atoms with Crippen LogP contribution in [0.3, 0.4) is 0 Å². The lowest BCUT2D eigenvalue weighted by Gasteiger charge is -2.07. The number of aryl methyl sites for hydroxylation is 2. The molecule has 6 heteroatoms. The Kier molecular flexibility index (Phi) is 7.08. The Bertz CT molecular complexity index is 626. The zero-order valence-electron chi connectivity index (χ0n) is 12.9. The number of hydrogen-bond acceptors (Lipinski definition) is 3. The highest BCUT2D eigenvalue weighted by atomic mass is 35.5. The summed E-state index contributed by atoms with van der Waals surface area (Å²) in [6.07, 6.45) is 3.11. The van der Waals surface area contributed by atoms with Crippen molar-refractivity contribution in [3.8, 4) is 0 Å². The van der Waals surface area contributed by atoms with E-state index in [4.69, 9.17) is 5.11 Å². The van der Waals surface area contributed by atoms with E-state index < -0.39 is 5.97 Å². The van der Waals surface area contributed by atoms with E-state index in [2.05, 4.69) is 23.5 Å². The molecular weight excluding hydrogens is 302 g/mol. The van der Waals surface area contributed by atoms with Gasteiger partial charge < -0.3 is 10.4 Å². The zero-order valence-corrected chi connectivity index (χ0v) is 13.7. The largest absolute Gasteiger partial charge is 0.478 e. The number of nitrogens with zero attached hydrogens (tertiary/aromatic N) is 2. The summed E-state index contributed by atoms with van der Waals surface area (Å²) in [5, 5.41) is 16.9. The van der Waals surface area contributed by atoms with Gasteiger partial charge in [-0.25, -0.2) is 4.79 Å². The van der Waals surface area contributed by atoms with E-state index in [1.54, 1.807) is 12.1 Å². The molecule has 0 atom stereocenters. The number of carboxylic acid groups (broad SMARTS) is 1. The normalized spacial score (nSPS) is 10.3. The SMILES string of the molecule is CCCn1cc(CNCc2ccccc2C(=O)O)c(C)n1.Cl. The quantitative estimate of drug-likeness (QED) is 0.822. The average molecular weight is 324 g/mol. The van der Waals surface area contributed by atoms with Gasteiger partial charge in [0.2, 0.25) is 0 Å². The third-order valence-corrected chi connectivity index (χ3v) is 3.38. The second-order valence-electron chi connectivity index (χ2n) is 5.07. The van der Waals surface area contributed by atoms with Crippen molar-refractivity contribution in [1.29, 1.82) is 0 Å². The zero-order chi connectivity index (χ0) is 15.2. The van der Waals surface area contributed by atoms with Crippen molar-refractivity contribution in [2.45, 2.75) is 39.9 Å². The first-order chi connectivity index (χ1) is 10.1. The van der Waals surface area contributed by atoms with Gasteiger partial charge in [-0.15, -0.1) is 12.4 Å². The molecule has 1 heterocycles.